The molecule has 68 valence electrons. The number of aliphatic hydroxyl groups excluding tert-OH is 3. The van der Waals surface area contributed by atoms with E-state index in [2.05, 4.69) is 4.74 Å². The molecule has 1 rings (SSSR count). The normalized spacial score (nSPS) is 37.6. The fourth-order valence-electron chi connectivity index (χ4n) is 0.942. The van der Waals surface area contributed by atoms with Crippen LogP contribution in [0.2, 0.25) is 0 Å². The SMILES string of the molecule is O=C[C@@H](O)[C@@H]1OC(=O)[C@H](O)[C@@H]1O. The van der Waals surface area contributed by atoms with Crippen LogP contribution in [0.5, 0.6) is 0 Å². The fourth-order valence-corrected chi connectivity index (χ4v) is 0.942. The van der Waals surface area contributed by atoms with Crippen LogP contribution in [0, 0.1) is 0 Å². The van der Waals surface area contributed by atoms with Gasteiger partial charge in [-0.05, 0) is 0 Å². The van der Waals surface area contributed by atoms with Gasteiger partial charge in [-0.3, -0.25) is 0 Å². The molecule has 6 heteroatoms. The predicted molar refractivity (Wildman–Crippen MR) is 34.0 cm³/mol. The second-order valence-corrected chi connectivity index (χ2v) is 2.46. The van der Waals surface area contributed by atoms with Crippen LogP contribution in [0.25, 0.3) is 0 Å². The Labute approximate surface area is 67.4 Å². The summed E-state index contributed by atoms with van der Waals surface area (Å²) in [5, 5.41) is 26.7. The monoisotopic (exact) mass is 176 g/mol. The number of carbonyl (C=O) groups excluding carboxylic acids is 2. The molecule has 0 aromatic heterocycles. The molecule has 4 atom stereocenters. The first-order valence-electron chi connectivity index (χ1n) is 3.28. The Morgan fingerprint density at radius 1 is 1.50 bits per heavy atom. The lowest BCUT2D eigenvalue weighted by atomic mass is 10.1. The third-order valence-electron chi connectivity index (χ3n) is 1.63. The van der Waals surface area contributed by atoms with Crippen LogP contribution in [0.3, 0.4) is 0 Å². The maximum absolute atomic E-state index is 10.6. The molecular weight excluding hydrogens is 168 g/mol. The van der Waals surface area contributed by atoms with Crippen molar-refractivity contribution >= 4 is 12.3 Å². The van der Waals surface area contributed by atoms with Crippen LogP contribution < -0.4 is 0 Å². The van der Waals surface area contributed by atoms with Gasteiger partial charge in [-0.25, -0.2) is 4.79 Å². The zero-order valence-electron chi connectivity index (χ0n) is 5.95. The number of carbonyl (C=O) groups is 2. The molecule has 0 radical (unpaired) electrons. The van der Waals surface area contributed by atoms with Gasteiger partial charge in [0, 0.05) is 0 Å². The molecule has 1 fully saturated rings. The highest BCUT2D eigenvalue weighted by atomic mass is 16.6. The summed E-state index contributed by atoms with van der Waals surface area (Å²) in [5.41, 5.74) is 0. The second-order valence-electron chi connectivity index (χ2n) is 2.46. The summed E-state index contributed by atoms with van der Waals surface area (Å²) in [6.45, 7) is 0. The summed E-state index contributed by atoms with van der Waals surface area (Å²) in [6.07, 6.45) is -6.05. The minimum atomic E-state index is -1.68. The number of hydrogen-bond donors (Lipinski definition) is 3. The molecule has 0 amide bonds. The molecule has 0 aromatic rings. The van der Waals surface area contributed by atoms with Crippen molar-refractivity contribution in [2.45, 2.75) is 24.4 Å². The Kier molecular flexibility index (Phi) is 2.41. The van der Waals surface area contributed by atoms with E-state index in [0.29, 0.717) is 0 Å². The summed E-state index contributed by atoms with van der Waals surface area (Å²) in [5.74, 6) is -1.03. The van der Waals surface area contributed by atoms with Gasteiger partial charge in [-0.2, -0.15) is 0 Å². The van der Waals surface area contributed by atoms with E-state index in [-0.39, 0.29) is 6.29 Å². The van der Waals surface area contributed by atoms with Crippen LogP contribution in [0.1, 0.15) is 0 Å². The van der Waals surface area contributed by atoms with Gasteiger partial charge in [0.05, 0.1) is 0 Å². The first kappa shape index (κ1) is 9.11. The van der Waals surface area contributed by atoms with Gasteiger partial charge < -0.3 is 24.9 Å². The van der Waals surface area contributed by atoms with Gasteiger partial charge in [-0.15, -0.1) is 0 Å². The Morgan fingerprint density at radius 3 is 2.42 bits per heavy atom. The highest BCUT2D eigenvalue weighted by Gasteiger charge is 2.46. The van der Waals surface area contributed by atoms with Crippen LogP contribution in [0.4, 0.5) is 0 Å². The molecular formula is C6H8O6. The van der Waals surface area contributed by atoms with Crippen LogP contribution in [-0.4, -0.2) is 52.0 Å². The quantitative estimate of drug-likeness (QED) is 0.310. The molecule has 0 saturated carbocycles. The Bertz CT molecular complexity index is 202. The molecule has 1 saturated heterocycles. The van der Waals surface area contributed by atoms with Crippen LogP contribution in [-0.2, 0) is 14.3 Å². The second kappa shape index (κ2) is 3.18. The lowest BCUT2D eigenvalue weighted by Crippen LogP contribution is -2.39. The Hall–Kier alpha value is -0.980. The number of aliphatic hydroxyl groups is 3. The Balaban J connectivity index is 2.70. The van der Waals surface area contributed by atoms with Crippen molar-refractivity contribution in [1.82, 2.24) is 0 Å². The summed E-state index contributed by atoms with van der Waals surface area (Å²) < 4.78 is 4.32. The van der Waals surface area contributed by atoms with Gasteiger partial charge in [0.15, 0.2) is 18.5 Å². The first-order valence-corrected chi connectivity index (χ1v) is 3.28. The van der Waals surface area contributed by atoms with Gasteiger partial charge >= 0.3 is 5.97 Å². The summed E-state index contributed by atoms with van der Waals surface area (Å²) in [7, 11) is 0. The largest absolute Gasteiger partial charge is 0.454 e. The van der Waals surface area contributed by atoms with Crippen molar-refractivity contribution in [3.05, 3.63) is 0 Å². The number of ether oxygens (including phenoxy) is 1. The van der Waals surface area contributed by atoms with Crippen molar-refractivity contribution in [2.24, 2.45) is 0 Å². The van der Waals surface area contributed by atoms with E-state index in [1.54, 1.807) is 0 Å². The number of cyclic esters (lactones) is 1. The average Bonchev–Trinajstić information content (AvgIpc) is 2.32. The highest BCUT2D eigenvalue weighted by molar-refractivity contribution is 5.78. The van der Waals surface area contributed by atoms with E-state index in [1.165, 1.54) is 0 Å². The van der Waals surface area contributed by atoms with E-state index >= 15 is 0 Å². The van der Waals surface area contributed by atoms with E-state index in [0.717, 1.165) is 0 Å². The maximum atomic E-state index is 10.6. The minimum Gasteiger partial charge on any atom is -0.454 e. The maximum Gasteiger partial charge on any atom is 0.338 e. The zero-order chi connectivity index (χ0) is 9.30. The van der Waals surface area contributed by atoms with Gasteiger partial charge in [0.2, 0.25) is 0 Å². The third-order valence-corrected chi connectivity index (χ3v) is 1.63. The Morgan fingerprint density at radius 2 is 2.08 bits per heavy atom. The molecule has 0 bridgehead atoms. The molecule has 1 heterocycles. The smallest absolute Gasteiger partial charge is 0.338 e. The average molecular weight is 176 g/mol. The van der Waals surface area contributed by atoms with Crippen LogP contribution in [0.15, 0.2) is 0 Å². The standard InChI is InChI=1S/C6H8O6/c7-1-2(8)5-3(9)4(10)6(11)12-5/h1-5,8-10H/t2-,3+,4-,5+/m1/s1. The summed E-state index contributed by atoms with van der Waals surface area (Å²) in [4.78, 5) is 20.6. The number of aldehydes is 1. The zero-order valence-corrected chi connectivity index (χ0v) is 5.95. The molecule has 0 aromatic carbocycles. The van der Waals surface area contributed by atoms with E-state index in [9.17, 15) is 9.59 Å². The number of rotatable bonds is 2. The lowest BCUT2D eigenvalue weighted by molar-refractivity contribution is -0.151. The molecule has 1 aliphatic heterocycles. The molecule has 3 N–H and O–H groups in total. The van der Waals surface area contributed by atoms with Crippen molar-refractivity contribution < 1.29 is 29.6 Å². The van der Waals surface area contributed by atoms with Crippen LogP contribution >= 0.6 is 0 Å². The third kappa shape index (κ3) is 1.31. The first-order chi connectivity index (χ1) is 5.57. The van der Waals surface area contributed by atoms with Gasteiger partial charge in [0.25, 0.3) is 0 Å². The van der Waals surface area contributed by atoms with E-state index in [4.69, 9.17) is 15.3 Å². The minimum absolute atomic E-state index is 0.124. The van der Waals surface area contributed by atoms with Crippen molar-refractivity contribution in [2.75, 3.05) is 0 Å². The van der Waals surface area contributed by atoms with Crippen molar-refractivity contribution in [3.8, 4) is 0 Å². The van der Waals surface area contributed by atoms with Gasteiger partial charge in [-0.1, -0.05) is 0 Å². The van der Waals surface area contributed by atoms with E-state index in [1.807, 2.05) is 0 Å². The fraction of sp³-hybridized carbons (Fsp3) is 0.667. The summed E-state index contributed by atoms with van der Waals surface area (Å²) >= 11 is 0. The molecule has 1 aliphatic rings. The summed E-state index contributed by atoms with van der Waals surface area (Å²) in [6, 6.07) is 0. The molecule has 6 nitrogen and oxygen atoms in total. The van der Waals surface area contributed by atoms with E-state index < -0.39 is 30.4 Å². The number of hydrogen-bond acceptors (Lipinski definition) is 6. The van der Waals surface area contributed by atoms with Crippen molar-refractivity contribution in [1.29, 1.82) is 0 Å². The number of esters is 1. The van der Waals surface area contributed by atoms with Crippen molar-refractivity contribution in [3.63, 3.8) is 0 Å². The molecule has 0 unspecified atom stereocenters. The lowest BCUT2D eigenvalue weighted by Gasteiger charge is -2.14. The molecule has 0 spiro atoms. The molecule has 12 heavy (non-hydrogen) atoms. The predicted octanol–water partition coefficient (Wildman–Crippen LogP) is -2.81. The molecule has 0 aliphatic carbocycles. The topological polar surface area (TPSA) is 104 Å². The van der Waals surface area contributed by atoms with Gasteiger partial charge in [0.1, 0.15) is 12.2 Å². The highest BCUT2D eigenvalue weighted by Crippen LogP contribution is 2.17.